The summed E-state index contributed by atoms with van der Waals surface area (Å²) in [5.41, 5.74) is 0. The minimum Gasteiger partial charge on any atom is -0.361 e. The maximum Gasteiger partial charge on any atom is 0.258 e. The lowest BCUT2D eigenvalue weighted by Crippen LogP contribution is -2.44. The molecule has 2 rings (SSSR count). The van der Waals surface area contributed by atoms with Crippen LogP contribution in [0.5, 0.6) is 0 Å². The van der Waals surface area contributed by atoms with Crippen LogP contribution in [-0.4, -0.2) is 30.5 Å². The zero-order chi connectivity index (χ0) is 7.68. The highest BCUT2D eigenvalue weighted by Gasteiger charge is 2.31. The third kappa shape index (κ3) is 1.25. The zero-order valence-electron chi connectivity index (χ0n) is 6.51. The number of ether oxygens (including phenoxy) is 1. The summed E-state index contributed by atoms with van der Waals surface area (Å²) >= 11 is 0. The fourth-order valence-electron chi connectivity index (χ4n) is 1.36. The van der Waals surface area contributed by atoms with Gasteiger partial charge < -0.3 is 9.64 Å². The Morgan fingerprint density at radius 3 is 2.64 bits per heavy atom. The number of carbonyl (C=O) groups excluding carboxylic acids is 1. The Balaban J connectivity index is 1.87. The van der Waals surface area contributed by atoms with Gasteiger partial charge in [-0.05, 0) is 19.3 Å². The number of amides is 1. The highest BCUT2D eigenvalue weighted by atomic mass is 16.5. The summed E-state index contributed by atoms with van der Waals surface area (Å²) in [5.74, 6) is 0.133. The van der Waals surface area contributed by atoms with Crippen molar-refractivity contribution in [1.82, 2.24) is 4.90 Å². The molecule has 2 aliphatic heterocycles. The van der Waals surface area contributed by atoms with E-state index in [2.05, 4.69) is 0 Å². The van der Waals surface area contributed by atoms with Crippen LogP contribution in [0.4, 0.5) is 0 Å². The number of carbonyl (C=O) groups is 1. The number of nitrogens with zero attached hydrogens (tertiary/aromatic N) is 1. The molecule has 2 aliphatic rings. The van der Waals surface area contributed by atoms with E-state index in [1.54, 1.807) is 0 Å². The molecular formula is C8H12NO2. The predicted molar refractivity (Wildman–Crippen MR) is 39.6 cm³/mol. The van der Waals surface area contributed by atoms with Crippen LogP contribution in [0.1, 0.15) is 19.3 Å². The van der Waals surface area contributed by atoms with E-state index < -0.39 is 0 Å². The molecule has 0 saturated carbocycles. The second kappa shape index (κ2) is 2.81. The SMILES string of the molecule is O=C([C]1CCCO1)N1CCC1. The minimum absolute atomic E-state index is 0.133. The second-order valence-corrected chi connectivity index (χ2v) is 3.02. The number of rotatable bonds is 1. The molecule has 2 fully saturated rings. The summed E-state index contributed by atoms with van der Waals surface area (Å²) in [6.07, 6.45) is 3.69. The summed E-state index contributed by atoms with van der Waals surface area (Å²) in [6.45, 7) is 2.58. The van der Waals surface area contributed by atoms with Crippen molar-refractivity contribution in [2.45, 2.75) is 19.3 Å². The average molecular weight is 154 g/mol. The molecule has 11 heavy (non-hydrogen) atoms. The fourth-order valence-corrected chi connectivity index (χ4v) is 1.36. The molecule has 1 amide bonds. The molecule has 0 aromatic carbocycles. The van der Waals surface area contributed by atoms with E-state index in [1.807, 2.05) is 4.90 Å². The lowest BCUT2D eigenvalue weighted by molar-refractivity contribution is -0.137. The molecule has 0 bridgehead atoms. The molecule has 0 unspecified atom stereocenters. The molecule has 0 aromatic rings. The lowest BCUT2D eigenvalue weighted by Gasteiger charge is -2.32. The lowest BCUT2D eigenvalue weighted by atomic mass is 10.1. The largest absolute Gasteiger partial charge is 0.361 e. The van der Waals surface area contributed by atoms with Crippen LogP contribution in [0.2, 0.25) is 0 Å². The molecule has 0 spiro atoms. The van der Waals surface area contributed by atoms with Crippen molar-refractivity contribution in [3.63, 3.8) is 0 Å². The van der Waals surface area contributed by atoms with Crippen LogP contribution in [0, 0.1) is 6.10 Å². The molecule has 3 nitrogen and oxygen atoms in total. The summed E-state index contributed by atoms with van der Waals surface area (Å²) < 4.78 is 5.20. The summed E-state index contributed by atoms with van der Waals surface area (Å²) in [4.78, 5) is 13.2. The summed E-state index contributed by atoms with van der Waals surface area (Å²) in [7, 11) is 0. The van der Waals surface area contributed by atoms with Gasteiger partial charge in [0.1, 0.15) is 0 Å². The van der Waals surface area contributed by atoms with E-state index in [9.17, 15) is 4.79 Å². The van der Waals surface area contributed by atoms with Gasteiger partial charge in [0.2, 0.25) is 0 Å². The summed E-state index contributed by atoms with van der Waals surface area (Å²) in [5, 5.41) is 0. The molecule has 1 radical (unpaired) electrons. The van der Waals surface area contributed by atoms with Gasteiger partial charge in [-0.3, -0.25) is 4.79 Å². The van der Waals surface area contributed by atoms with Gasteiger partial charge in [0.15, 0.2) is 6.10 Å². The first-order chi connectivity index (χ1) is 5.38. The van der Waals surface area contributed by atoms with Crippen molar-refractivity contribution >= 4 is 5.91 Å². The monoisotopic (exact) mass is 154 g/mol. The molecule has 2 saturated heterocycles. The van der Waals surface area contributed by atoms with E-state index in [4.69, 9.17) is 4.74 Å². The molecule has 61 valence electrons. The van der Waals surface area contributed by atoms with E-state index in [0.717, 1.165) is 39.0 Å². The van der Waals surface area contributed by atoms with Crippen molar-refractivity contribution in [2.24, 2.45) is 0 Å². The highest BCUT2D eigenvalue weighted by molar-refractivity contribution is 5.88. The first-order valence-corrected chi connectivity index (χ1v) is 4.16. The van der Waals surface area contributed by atoms with Gasteiger partial charge in [-0.1, -0.05) is 0 Å². The van der Waals surface area contributed by atoms with Crippen LogP contribution in [0.15, 0.2) is 0 Å². The molecule has 2 heterocycles. The second-order valence-electron chi connectivity index (χ2n) is 3.02. The Kier molecular flexibility index (Phi) is 1.82. The number of hydrogen-bond acceptors (Lipinski definition) is 2. The van der Waals surface area contributed by atoms with Crippen molar-refractivity contribution in [2.75, 3.05) is 19.7 Å². The third-order valence-corrected chi connectivity index (χ3v) is 2.21. The Labute approximate surface area is 66.3 Å². The number of hydrogen-bond donors (Lipinski definition) is 0. The molecular weight excluding hydrogens is 142 g/mol. The van der Waals surface area contributed by atoms with Crippen LogP contribution >= 0.6 is 0 Å². The predicted octanol–water partition coefficient (Wildman–Crippen LogP) is 0.561. The standard InChI is InChI=1S/C8H12NO2/c10-8(9-4-2-5-9)7-3-1-6-11-7/h1-6H2. The minimum atomic E-state index is 0.133. The van der Waals surface area contributed by atoms with Gasteiger partial charge in [0.05, 0.1) is 0 Å². The molecule has 0 aromatic heterocycles. The van der Waals surface area contributed by atoms with Crippen LogP contribution < -0.4 is 0 Å². The maximum absolute atomic E-state index is 11.4. The highest BCUT2D eigenvalue weighted by Crippen LogP contribution is 2.23. The van der Waals surface area contributed by atoms with Crippen LogP contribution in [-0.2, 0) is 9.53 Å². The summed E-state index contributed by atoms with van der Waals surface area (Å²) in [6, 6.07) is 0. The van der Waals surface area contributed by atoms with Crippen molar-refractivity contribution in [3.8, 4) is 0 Å². The van der Waals surface area contributed by atoms with Gasteiger partial charge in [-0.15, -0.1) is 0 Å². The van der Waals surface area contributed by atoms with Crippen LogP contribution in [0.3, 0.4) is 0 Å². The normalized spacial score (nSPS) is 25.3. The van der Waals surface area contributed by atoms with Gasteiger partial charge >= 0.3 is 0 Å². The first-order valence-electron chi connectivity index (χ1n) is 4.16. The van der Waals surface area contributed by atoms with E-state index in [-0.39, 0.29) is 5.91 Å². The van der Waals surface area contributed by atoms with Gasteiger partial charge in [0, 0.05) is 19.7 Å². The molecule has 3 heteroatoms. The Morgan fingerprint density at radius 2 is 2.18 bits per heavy atom. The van der Waals surface area contributed by atoms with Crippen molar-refractivity contribution in [3.05, 3.63) is 6.10 Å². The zero-order valence-corrected chi connectivity index (χ0v) is 6.51. The maximum atomic E-state index is 11.4. The average Bonchev–Trinajstić information content (AvgIpc) is 2.32. The van der Waals surface area contributed by atoms with Crippen molar-refractivity contribution < 1.29 is 9.53 Å². The van der Waals surface area contributed by atoms with Gasteiger partial charge in [-0.2, -0.15) is 0 Å². The van der Waals surface area contributed by atoms with Crippen molar-refractivity contribution in [1.29, 1.82) is 0 Å². The number of likely N-dealkylation sites (tertiary alicyclic amines) is 1. The van der Waals surface area contributed by atoms with Gasteiger partial charge in [-0.25, -0.2) is 0 Å². The van der Waals surface area contributed by atoms with E-state index in [0.29, 0.717) is 6.10 Å². The van der Waals surface area contributed by atoms with E-state index >= 15 is 0 Å². The Hall–Kier alpha value is -0.570. The van der Waals surface area contributed by atoms with Gasteiger partial charge in [0.25, 0.3) is 5.91 Å². The van der Waals surface area contributed by atoms with E-state index in [1.165, 1.54) is 0 Å². The Morgan fingerprint density at radius 1 is 1.36 bits per heavy atom. The van der Waals surface area contributed by atoms with Crippen LogP contribution in [0.25, 0.3) is 0 Å². The fraction of sp³-hybridized carbons (Fsp3) is 0.750. The molecule has 0 atom stereocenters. The quantitative estimate of drug-likeness (QED) is 0.552. The molecule has 0 N–H and O–H groups in total. The molecule has 0 aliphatic carbocycles. The Bertz CT molecular complexity index is 159. The smallest absolute Gasteiger partial charge is 0.258 e. The topological polar surface area (TPSA) is 29.5 Å². The first kappa shape index (κ1) is 7.10. The third-order valence-electron chi connectivity index (χ3n) is 2.21.